The Labute approximate surface area is 195 Å². The Morgan fingerprint density at radius 1 is 1.09 bits per heavy atom. The maximum Gasteiger partial charge on any atom is 0.338 e. The number of nitro benzene ring substituents is 1. The van der Waals surface area contributed by atoms with Gasteiger partial charge in [0.05, 0.1) is 49.7 Å². The molecule has 11 nitrogen and oxygen atoms in total. The standard InChI is InChI=1S/C23H25N3O8/c1-5-33-21-16(26(29)30)11-14(12-17(21)32-4)20-18(22(27)34-6-2)19(24-23(28)25-20)13-7-9-15(31-3)10-8-13/h7-12,20H,5-6H2,1-4H3,(H2,24,25,28). The number of rotatable bonds is 9. The molecule has 0 radical (unpaired) electrons. The number of ether oxygens (including phenoxy) is 4. The highest BCUT2D eigenvalue weighted by molar-refractivity contribution is 6.04. The molecular formula is C23H25N3O8. The lowest BCUT2D eigenvalue weighted by Gasteiger charge is -2.30. The van der Waals surface area contributed by atoms with Crippen molar-refractivity contribution in [2.24, 2.45) is 0 Å². The SMILES string of the molecule is CCOC(=O)C1=C(c2ccc(OC)cc2)NC(=O)NC1c1cc(OC)c(OCC)c([N+](=O)[O-])c1. The summed E-state index contributed by atoms with van der Waals surface area (Å²) in [7, 11) is 2.87. The average Bonchev–Trinajstić information content (AvgIpc) is 2.83. The summed E-state index contributed by atoms with van der Waals surface area (Å²) in [4.78, 5) is 36.8. The van der Waals surface area contributed by atoms with Crippen molar-refractivity contribution in [3.05, 3.63) is 63.2 Å². The lowest BCUT2D eigenvalue weighted by Crippen LogP contribution is -2.45. The molecule has 0 aliphatic carbocycles. The zero-order chi connectivity index (χ0) is 24.8. The van der Waals surface area contributed by atoms with Crippen LogP contribution in [0.1, 0.15) is 31.0 Å². The minimum absolute atomic E-state index is 0.0453. The van der Waals surface area contributed by atoms with E-state index in [9.17, 15) is 19.7 Å². The van der Waals surface area contributed by atoms with Crippen molar-refractivity contribution in [2.45, 2.75) is 19.9 Å². The normalized spacial score (nSPS) is 15.2. The first-order valence-electron chi connectivity index (χ1n) is 10.5. The summed E-state index contributed by atoms with van der Waals surface area (Å²) in [6.07, 6.45) is 0. The predicted octanol–water partition coefficient (Wildman–Crippen LogP) is 3.34. The van der Waals surface area contributed by atoms with Crippen LogP contribution in [-0.4, -0.2) is 44.4 Å². The number of nitrogens with zero attached hydrogens (tertiary/aromatic N) is 1. The molecule has 0 saturated carbocycles. The molecule has 1 unspecified atom stereocenters. The van der Waals surface area contributed by atoms with Gasteiger partial charge in [-0.15, -0.1) is 0 Å². The lowest BCUT2D eigenvalue weighted by atomic mass is 9.92. The lowest BCUT2D eigenvalue weighted by molar-refractivity contribution is -0.386. The van der Waals surface area contributed by atoms with Crippen molar-refractivity contribution in [1.82, 2.24) is 10.6 Å². The molecule has 11 heteroatoms. The van der Waals surface area contributed by atoms with Gasteiger partial charge in [0.1, 0.15) is 5.75 Å². The van der Waals surface area contributed by atoms with Crippen molar-refractivity contribution in [2.75, 3.05) is 27.4 Å². The van der Waals surface area contributed by atoms with E-state index in [0.717, 1.165) is 0 Å². The third-order valence-electron chi connectivity index (χ3n) is 5.04. The van der Waals surface area contributed by atoms with E-state index in [-0.39, 0.29) is 47.2 Å². The monoisotopic (exact) mass is 471 g/mol. The first kappa shape index (κ1) is 24.4. The quantitative estimate of drug-likeness (QED) is 0.323. The van der Waals surface area contributed by atoms with Crippen LogP contribution in [0, 0.1) is 10.1 Å². The molecule has 1 aliphatic heterocycles. The Kier molecular flexibility index (Phi) is 7.57. The van der Waals surface area contributed by atoms with Crippen LogP contribution in [0.25, 0.3) is 5.70 Å². The van der Waals surface area contributed by atoms with Crippen molar-refractivity contribution < 1.29 is 33.5 Å². The topological polar surface area (TPSA) is 138 Å². The fraction of sp³-hybridized carbons (Fsp3) is 0.304. The predicted molar refractivity (Wildman–Crippen MR) is 122 cm³/mol. The molecule has 0 fully saturated rings. The highest BCUT2D eigenvalue weighted by Crippen LogP contribution is 2.42. The van der Waals surface area contributed by atoms with Gasteiger partial charge in [0.25, 0.3) is 0 Å². The van der Waals surface area contributed by atoms with Crippen molar-refractivity contribution in [3.63, 3.8) is 0 Å². The van der Waals surface area contributed by atoms with Crippen LogP contribution in [0.4, 0.5) is 10.5 Å². The third kappa shape index (κ3) is 4.87. The average molecular weight is 471 g/mol. The number of hydrogen-bond donors (Lipinski definition) is 2. The van der Waals surface area contributed by atoms with Crippen LogP contribution in [0.5, 0.6) is 17.2 Å². The van der Waals surface area contributed by atoms with Gasteiger partial charge in [-0.3, -0.25) is 10.1 Å². The highest BCUT2D eigenvalue weighted by atomic mass is 16.6. The Morgan fingerprint density at radius 3 is 2.35 bits per heavy atom. The molecule has 0 saturated heterocycles. The molecule has 34 heavy (non-hydrogen) atoms. The first-order valence-corrected chi connectivity index (χ1v) is 10.5. The van der Waals surface area contributed by atoms with Gasteiger partial charge in [-0.25, -0.2) is 9.59 Å². The summed E-state index contributed by atoms with van der Waals surface area (Å²) in [5.74, 6) is -0.0591. The largest absolute Gasteiger partial charge is 0.497 e. The van der Waals surface area contributed by atoms with Crippen LogP contribution in [-0.2, 0) is 9.53 Å². The number of nitrogens with one attached hydrogen (secondary N) is 2. The Morgan fingerprint density at radius 2 is 1.79 bits per heavy atom. The van der Waals surface area contributed by atoms with E-state index in [1.807, 2.05) is 0 Å². The summed E-state index contributed by atoms with van der Waals surface area (Å²) < 4.78 is 21.2. The number of carbonyl (C=O) groups is 2. The van der Waals surface area contributed by atoms with Crippen LogP contribution in [0.15, 0.2) is 42.0 Å². The fourth-order valence-corrected chi connectivity index (χ4v) is 3.58. The summed E-state index contributed by atoms with van der Waals surface area (Å²) in [6, 6.07) is 7.79. The summed E-state index contributed by atoms with van der Waals surface area (Å²) >= 11 is 0. The van der Waals surface area contributed by atoms with E-state index in [1.165, 1.54) is 26.4 Å². The van der Waals surface area contributed by atoms with Gasteiger partial charge >= 0.3 is 17.7 Å². The summed E-state index contributed by atoms with van der Waals surface area (Å²) in [5, 5.41) is 17.1. The van der Waals surface area contributed by atoms with Crippen LogP contribution in [0.2, 0.25) is 0 Å². The van der Waals surface area contributed by atoms with Gasteiger partial charge < -0.3 is 29.6 Å². The second-order valence-corrected chi connectivity index (χ2v) is 7.03. The molecule has 2 aromatic carbocycles. The zero-order valence-corrected chi connectivity index (χ0v) is 19.2. The first-order chi connectivity index (χ1) is 16.3. The van der Waals surface area contributed by atoms with Crippen molar-refractivity contribution >= 4 is 23.4 Å². The number of urea groups is 1. The maximum atomic E-state index is 13.1. The molecule has 0 aromatic heterocycles. The second-order valence-electron chi connectivity index (χ2n) is 7.03. The molecule has 1 heterocycles. The number of methoxy groups -OCH3 is 2. The molecule has 180 valence electrons. The van der Waals surface area contributed by atoms with Gasteiger partial charge in [-0.2, -0.15) is 0 Å². The molecule has 2 amide bonds. The van der Waals surface area contributed by atoms with E-state index >= 15 is 0 Å². The second kappa shape index (κ2) is 10.6. The van der Waals surface area contributed by atoms with Gasteiger partial charge in [0.15, 0.2) is 5.75 Å². The summed E-state index contributed by atoms with van der Waals surface area (Å²) in [6.45, 7) is 3.61. The third-order valence-corrected chi connectivity index (χ3v) is 5.04. The number of benzene rings is 2. The molecule has 1 atom stereocenters. The van der Waals surface area contributed by atoms with Crippen LogP contribution in [0.3, 0.4) is 0 Å². The Balaban J connectivity index is 2.25. The molecular weight excluding hydrogens is 446 g/mol. The van der Waals surface area contributed by atoms with Gasteiger partial charge in [-0.05, 0) is 55.3 Å². The van der Waals surface area contributed by atoms with Crippen LogP contribution < -0.4 is 24.8 Å². The zero-order valence-electron chi connectivity index (χ0n) is 19.2. The van der Waals surface area contributed by atoms with Gasteiger partial charge in [-0.1, -0.05) is 0 Å². The molecule has 2 N–H and O–H groups in total. The van der Waals surface area contributed by atoms with Gasteiger partial charge in [0, 0.05) is 6.07 Å². The minimum Gasteiger partial charge on any atom is -0.497 e. The smallest absolute Gasteiger partial charge is 0.338 e. The van der Waals surface area contributed by atoms with E-state index in [4.69, 9.17) is 18.9 Å². The van der Waals surface area contributed by atoms with Crippen molar-refractivity contribution in [3.8, 4) is 17.2 Å². The van der Waals surface area contributed by atoms with E-state index in [1.54, 1.807) is 38.1 Å². The van der Waals surface area contributed by atoms with Crippen molar-refractivity contribution in [1.29, 1.82) is 0 Å². The van der Waals surface area contributed by atoms with E-state index < -0.39 is 23.0 Å². The minimum atomic E-state index is -1.06. The van der Waals surface area contributed by atoms with E-state index in [2.05, 4.69) is 10.6 Å². The number of nitro groups is 1. The molecule has 0 bridgehead atoms. The van der Waals surface area contributed by atoms with Crippen LogP contribution >= 0.6 is 0 Å². The summed E-state index contributed by atoms with van der Waals surface area (Å²) in [5.41, 5.74) is 0.697. The Hall–Kier alpha value is -4.28. The van der Waals surface area contributed by atoms with E-state index in [0.29, 0.717) is 11.3 Å². The number of carbonyl (C=O) groups excluding carboxylic acids is 2. The van der Waals surface area contributed by atoms with Gasteiger partial charge in [0.2, 0.25) is 5.75 Å². The molecule has 0 spiro atoms. The number of amides is 2. The number of esters is 1. The fourth-order valence-electron chi connectivity index (χ4n) is 3.58. The molecule has 2 aromatic rings. The molecule has 3 rings (SSSR count). The Bertz CT molecular complexity index is 1130. The molecule has 1 aliphatic rings. The number of hydrogen-bond acceptors (Lipinski definition) is 8. The maximum absolute atomic E-state index is 13.1. The highest BCUT2D eigenvalue weighted by Gasteiger charge is 2.36.